The Morgan fingerprint density at radius 3 is 2.46 bits per heavy atom. The zero-order valence-electron chi connectivity index (χ0n) is 22.5. The maximum absolute atomic E-state index is 12.3. The molecule has 0 fully saturated rings. The third-order valence-electron chi connectivity index (χ3n) is 8.71. The summed E-state index contributed by atoms with van der Waals surface area (Å²) in [6.45, 7) is 8.39. The molecule has 0 atom stereocenters. The molecule has 0 saturated heterocycles. The lowest BCUT2D eigenvalue weighted by Gasteiger charge is -2.37. The van der Waals surface area contributed by atoms with E-state index in [1.165, 1.54) is 22.2 Å². The lowest BCUT2D eigenvalue weighted by atomic mass is 9.86. The Morgan fingerprint density at radius 2 is 1.67 bits per heavy atom. The van der Waals surface area contributed by atoms with Gasteiger partial charge in [0.1, 0.15) is 24.3 Å². The molecule has 0 bridgehead atoms. The summed E-state index contributed by atoms with van der Waals surface area (Å²) in [5.41, 5.74) is 7.44. The van der Waals surface area contributed by atoms with Crippen LogP contribution in [-0.2, 0) is 12.8 Å². The highest BCUT2D eigenvalue weighted by molar-refractivity contribution is 6.18. The standard InChI is InChI=1S/C34H32N2O3/c1-3-35(4-2)23-14-16-24-21(19-23)13-15-27-30(25-10-5-6-11-26(25)34(37)38)29-20-22-9-7-17-36-18-8-12-28(31(22)36)33(29)39-32(24)27/h5-6,10-11,13-16,19-20H,3-4,7-9,12,17-18H2,1-2H3. The van der Waals surface area contributed by atoms with Crippen LogP contribution < -0.4 is 19.9 Å². The Hall–Kier alpha value is -4.12. The summed E-state index contributed by atoms with van der Waals surface area (Å²) in [7, 11) is 0. The van der Waals surface area contributed by atoms with E-state index < -0.39 is 5.97 Å². The predicted molar refractivity (Wildman–Crippen MR) is 156 cm³/mol. The number of nitrogens with zero attached hydrogens (tertiary/aromatic N) is 2. The molecule has 196 valence electrons. The quantitative estimate of drug-likeness (QED) is 0.185. The van der Waals surface area contributed by atoms with Crippen LogP contribution >= 0.6 is 0 Å². The van der Waals surface area contributed by atoms with E-state index in [1.54, 1.807) is 12.1 Å². The second-order valence-electron chi connectivity index (χ2n) is 10.8. The molecule has 0 aliphatic carbocycles. The van der Waals surface area contributed by atoms with E-state index in [0.29, 0.717) is 5.56 Å². The first-order chi connectivity index (χ1) is 19.1. The van der Waals surface area contributed by atoms with E-state index in [0.717, 1.165) is 90.1 Å². The van der Waals surface area contributed by atoms with Gasteiger partial charge in [0, 0.05) is 63.8 Å². The van der Waals surface area contributed by atoms with Gasteiger partial charge < -0.3 is 19.2 Å². The van der Waals surface area contributed by atoms with Gasteiger partial charge in [-0.3, -0.25) is 0 Å². The van der Waals surface area contributed by atoms with Crippen molar-refractivity contribution in [2.45, 2.75) is 39.5 Å². The topological polar surface area (TPSA) is 59.5 Å². The molecule has 39 heavy (non-hydrogen) atoms. The summed E-state index contributed by atoms with van der Waals surface area (Å²) in [6.07, 6.45) is 4.21. The monoisotopic (exact) mass is 516 g/mol. The number of carbonyl (C=O) groups is 1. The molecule has 2 aliphatic heterocycles. The van der Waals surface area contributed by atoms with Crippen LogP contribution in [0, 0.1) is 0 Å². The highest BCUT2D eigenvalue weighted by Gasteiger charge is 2.29. The van der Waals surface area contributed by atoms with Gasteiger partial charge in [-0.2, -0.15) is 0 Å². The minimum absolute atomic E-state index is 0.205. The first kappa shape index (κ1) is 24.0. The molecule has 1 aromatic heterocycles. The van der Waals surface area contributed by atoms with Crippen molar-refractivity contribution >= 4 is 44.4 Å². The Labute approximate surface area is 227 Å². The molecule has 3 heterocycles. The summed E-state index contributed by atoms with van der Waals surface area (Å²) in [5.74, 6) is -1.16. The summed E-state index contributed by atoms with van der Waals surface area (Å²) in [6, 6.07) is 20.3. The fourth-order valence-electron chi connectivity index (χ4n) is 6.93. The van der Waals surface area contributed by atoms with Crippen molar-refractivity contribution in [1.29, 1.82) is 0 Å². The Balaban J connectivity index is 1.67. The molecular formula is C34H32N2O3. The molecule has 0 saturated carbocycles. The first-order valence-corrected chi connectivity index (χ1v) is 14.2. The zero-order chi connectivity index (χ0) is 26.7. The number of carboxylic acids is 1. The molecule has 2 aliphatic rings. The lowest BCUT2D eigenvalue weighted by Crippen LogP contribution is -2.34. The third kappa shape index (κ3) is 3.67. The van der Waals surface area contributed by atoms with Crippen LogP contribution in [0.4, 0.5) is 5.69 Å². The molecule has 0 unspecified atom stereocenters. The van der Waals surface area contributed by atoms with Crippen molar-refractivity contribution in [1.82, 2.24) is 4.58 Å². The SMILES string of the molecule is CC[N+](CC)=c1ccc2c(ccc3c(-c4ccccc4C(=O)[O-])c4cc5c6c(c4oc32)CCCN6CCC5)c1. The highest BCUT2D eigenvalue weighted by atomic mass is 16.4. The Morgan fingerprint density at radius 1 is 0.897 bits per heavy atom. The second kappa shape index (κ2) is 9.26. The minimum Gasteiger partial charge on any atom is -0.545 e. The number of hydrogen-bond acceptors (Lipinski definition) is 4. The van der Waals surface area contributed by atoms with Crippen LogP contribution in [0.3, 0.4) is 0 Å². The van der Waals surface area contributed by atoms with Crippen molar-refractivity contribution in [2.24, 2.45) is 0 Å². The molecule has 0 radical (unpaired) electrons. The van der Waals surface area contributed by atoms with Gasteiger partial charge in [-0.1, -0.05) is 30.3 Å². The van der Waals surface area contributed by atoms with Crippen LogP contribution in [0.1, 0.15) is 48.2 Å². The zero-order valence-corrected chi connectivity index (χ0v) is 22.5. The van der Waals surface area contributed by atoms with Crippen LogP contribution in [0.25, 0.3) is 43.8 Å². The van der Waals surface area contributed by atoms with Gasteiger partial charge in [-0.15, -0.1) is 0 Å². The predicted octanol–water partition coefficient (Wildman–Crippen LogP) is 5.28. The first-order valence-electron chi connectivity index (χ1n) is 14.2. The number of carboxylic acid groups (broad SMARTS) is 1. The molecule has 5 nitrogen and oxygen atoms in total. The van der Waals surface area contributed by atoms with E-state index >= 15 is 0 Å². The fourth-order valence-corrected chi connectivity index (χ4v) is 6.93. The van der Waals surface area contributed by atoms with Crippen molar-refractivity contribution in [3.8, 4) is 11.1 Å². The minimum atomic E-state index is -1.16. The van der Waals surface area contributed by atoms with Gasteiger partial charge in [0.2, 0.25) is 5.36 Å². The number of anilines is 1. The summed E-state index contributed by atoms with van der Waals surface area (Å²) >= 11 is 0. The largest absolute Gasteiger partial charge is 0.545 e. The number of rotatable bonds is 4. The average molecular weight is 517 g/mol. The van der Waals surface area contributed by atoms with Gasteiger partial charge >= 0.3 is 0 Å². The maximum atomic E-state index is 12.3. The van der Waals surface area contributed by atoms with Crippen LogP contribution in [0.15, 0.2) is 65.1 Å². The molecule has 0 N–H and O–H groups in total. The van der Waals surface area contributed by atoms with Gasteiger partial charge in [0.15, 0.2) is 0 Å². The van der Waals surface area contributed by atoms with Crippen molar-refractivity contribution in [3.05, 3.63) is 82.7 Å². The molecule has 0 spiro atoms. The summed E-state index contributed by atoms with van der Waals surface area (Å²) in [4.78, 5) is 14.8. The molecular weight excluding hydrogens is 484 g/mol. The van der Waals surface area contributed by atoms with E-state index in [-0.39, 0.29) is 5.56 Å². The lowest BCUT2D eigenvalue weighted by molar-refractivity contribution is -0.254. The number of aromatic carboxylic acids is 1. The van der Waals surface area contributed by atoms with E-state index in [9.17, 15) is 9.90 Å². The molecule has 5 heteroatoms. The van der Waals surface area contributed by atoms with Crippen LogP contribution in [-0.4, -0.2) is 32.1 Å². The second-order valence-corrected chi connectivity index (χ2v) is 10.8. The smallest absolute Gasteiger partial charge is 0.200 e. The van der Waals surface area contributed by atoms with Gasteiger partial charge in [0.25, 0.3) is 0 Å². The fraction of sp³-hybridized carbons (Fsp3) is 0.294. The number of carbonyl (C=O) groups excluding carboxylic acids is 1. The average Bonchev–Trinajstić information content (AvgIpc) is 2.97. The normalized spacial score (nSPS) is 14.7. The molecule has 4 aromatic carbocycles. The number of hydrogen-bond donors (Lipinski definition) is 0. The molecule has 5 aromatic rings. The molecule has 7 rings (SSSR count). The highest BCUT2D eigenvalue weighted by Crippen LogP contribution is 2.46. The maximum Gasteiger partial charge on any atom is 0.200 e. The summed E-state index contributed by atoms with van der Waals surface area (Å²) < 4.78 is 9.28. The Kier molecular flexibility index (Phi) is 5.69. The Bertz CT molecular complexity index is 1870. The van der Waals surface area contributed by atoms with E-state index in [2.05, 4.69) is 59.7 Å². The third-order valence-corrected chi connectivity index (χ3v) is 8.71. The number of benzene rings is 4. The molecule has 0 amide bonds. The van der Waals surface area contributed by atoms with Crippen molar-refractivity contribution < 1.29 is 14.3 Å². The van der Waals surface area contributed by atoms with Gasteiger partial charge in [-0.05, 0) is 74.2 Å². The van der Waals surface area contributed by atoms with Crippen molar-refractivity contribution in [3.63, 3.8) is 0 Å². The number of aryl methyl sites for hydroxylation is 2. The van der Waals surface area contributed by atoms with E-state index in [4.69, 9.17) is 4.42 Å². The van der Waals surface area contributed by atoms with Crippen LogP contribution in [0.5, 0.6) is 0 Å². The van der Waals surface area contributed by atoms with Gasteiger partial charge in [0.05, 0.1) is 5.97 Å². The van der Waals surface area contributed by atoms with Crippen LogP contribution in [0.2, 0.25) is 0 Å². The van der Waals surface area contributed by atoms with Gasteiger partial charge in [-0.25, -0.2) is 4.58 Å². The van der Waals surface area contributed by atoms with Crippen molar-refractivity contribution in [2.75, 3.05) is 31.1 Å². The van der Waals surface area contributed by atoms with E-state index in [1.807, 2.05) is 12.1 Å². The summed E-state index contributed by atoms with van der Waals surface area (Å²) in [5, 5.41) is 17.6. The number of fused-ring (bicyclic) bond motifs is 5.